The molecule has 0 spiro atoms. The lowest BCUT2D eigenvalue weighted by Crippen LogP contribution is -2.30. The van der Waals surface area contributed by atoms with Gasteiger partial charge < -0.3 is 10.4 Å². The van der Waals surface area contributed by atoms with Crippen molar-refractivity contribution in [2.75, 3.05) is 0 Å². The van der Waals surface area contributed by atoms with Crippen LogP contribution in [0.1, 0.15) is 11.1 Å². The molecule has 1 aliphatic heterocycles. The molecule has 3 rings (SSSR count). The molecule has 0 unspecified atom stereocenters. The van der Waals surface area contributed by atoms with E-state index in [2.05, 4.69) is 37.2 Å². The number of benzene rings is 2. The normalized spacial score (nSPS) is 15.9. The topological polar surface area (TPSA) is 69.6 Å². The number of carbonyl (C=O) groups excluding carboxylic acids is 2. The number of phenolic OH excluding ortho intramolecular Hbond substituents is 1. The van der Waals surface area contributed by atoms with E-state index in [1.165, 1.54) is 0 Å². The number of halogens is 2. The zero-order chi connectivity index (χ0) is 17.3. The van der Waals surface area contributed by atoms with Crippen LogP contribution in [-0.2, 0) is 11.3 Å². The van der Waals surface area contributed by atoms with Gasteiger partial charge in [-0.25, -0.2) is 4.79 Å². The molecule has 1 aliphatic rings. The lowest BCUT2D eigenvalue weighted by atomic mass is 10.1. The van der Waals surface area contributed by atoms with Gasteiger partial charge in [-0.05, 0) is 61.2 Å². The molecule has 1 heterocycles. The molecule has 1 saturated heterocycles. The van der Waals surface area contributed by atoms with Gasteiger partial charge in [0.2, 0.25) is 0 Å². The van der Waals surface area contributed by atoms with Gasteiger partial charge in [-0.1, -0.05) is 30.3 Å². The third kappa shape index (κ3) is 3.37. The molecule has 24 heavy (non-hydrogen) atoms. The van der Waals surface area contributed by atoms with Crippen molar-refractivity contribution in [3.05, 3.63) is 68.2 Å². The van der Waals surface area contributed by atoms with Gasteiger partial charge in [0, 0.05) is 0 Å². The molecule has 122 valence electrons. The van der Waals surface area contributed by atoms with E-state index in [-0.39, 0.29) is 23.9 Å². The van der Waals surface area contributed by atoms with Gasteiger partial charge in [-0.15, -0.1) is 0 Å². The molecular weight excluding hydrogens is 440 g/mol. The van der Waals surface area contributed by atoms with Gasteiger partial charge in [0.15, 0.2) is 0 Å². The van der Waals surface area contributed by atoms with Crippen LogP contribution in [0.5, 0.6) is 5.75 Å². The first-order valence-corrected chi connectivity index (χ1v) is 8.61. The Morgan fingerprint density at radius 3 is 2.33 bits per heavy atom. The number of imide groups is 1. The summed E-state index contributed by atoms with van der Waals surface area (Å²) in [6.45, 7) is 0.214. The largest absolute Gasteiger partial charge is 0.506 e. The summed E-state index contributed by atoms with van der Waals surface area (Å²) in [6, 6.07) is 12.2. The molecule has 7 heteroatoms. The Balaban J connectivity index is 1.86. The average molecular weight is 452 g/mol. The number of aromatic hydroxyl groups is 1. The number of carbonyl (C=O) groups is 2. The second-order valence-electron chi connectivity index (χ2n) is 5.20. The predicted octanol–water partition coefficient (Wildman–Crippen LogP) is 4.01. The SMILES string of the molecule is O=C1N/C(=C/c2cc(Br)c(O)c(Br)c2)C(=O)N1Cc1ccccc1. The zero-order valence-electron chi connectivity index (χ0n) is 12.3. The van der Waals surface area contributed by atoms with Crippen molar-refractivity contribution >= 4 is 49.9 Å². The molecule has 2 aromatic rings. The van der Waals surface area contributed by atoms with Crippen molar-refractivity contribution < 1.29 is 14.7 Å². The minimum absolute atomic E-state index is 0.0737. The van der Waals surface area contributed by atoms with E-state index in [0.717, 1.165) is 10.5 Å². The first-order chi connectivity index (χ1) is 11.5. The van der Waals surface area contributed by atoms with Gasteiger partial charge in [0.1, 0.15) is 11.4 Å². The predicted molar refractivity (Wildman–Crippen MR) is 97.0 cm³/mol. The van der Waals surface area contributed by atoms with Crippen LogP contribution in [0.4, 0.5) is 4.79 Å². The number of nitrogens with one attached hydrogen (secondary N) is 1. The number of urea groups is 1. The van der Waals surface area contributed by atoms with Crippen LogP contribution in [0.25, 0.3) is 6.08 Å². The summed E-state index contributed by atoms with van der Waals surface area (Å²) >= 11 is 6.47. The Morgan fingerprint density at radius 2 is 1.71 bits per heavy atom. The van der Waals surface area contributed by atoms with Crippen LogP contribution >= 0.6 is 31.9 Å². The summed E-state index contributed by atoms with van der Waals surface area (Å²) in [5.41, 5.74) is 1.73. The molecule has 2 N–H and O–H groups in total. The van der Waals surface area contributed by atoms with E-state index in [9.17, 15) is 14.7 Å². The summed E-state index contributed by atoms with van der Waals surface area (Å²) in [7, 11) is 0. The Labute approximate surface area is 155 Å². The first-order valence-electron chi connectivity index (χ1n) is 7.02. The van der Waals surface area contributed by atoms with Crippen molar-refractivity contribution in [1.82, 2.24) is 10.2 Å². The van der Waals surface area contributed by atoms with Crippen molar-refractivity contribution in [2.45, 2.75) is 6.54 Å². The molecule has 0 atom stereocenters. The standard InChI is InChI=1S/C17H12Br2N2O3/c18-12-6-11(7-13(19)15(12)22)8-14-16(23)21(17(24)20-14)9-10-4-2-1-3-5-10/h1-8,22H,9H2,(H,20,24)/b14-8+. The molecular formula is C17H12Br2N2O3. The Hall–Kier alpha value is -2.12. The summed E-state index contributed by atoms with van der Waals surface area (Å²) in [5.74, 6) is -0.311. The highest BCUT2D eigenvalue weighted by molar-refractivity contribution is 9.11. The maximum Gasteiger partial charge on any atom is 0.329 e. The van der Waals surface area contributed by atoms with Crippen molar-refractivity contribution in [2.24, 2.45) is 0 Å². The molecule has 5 nitrogen and oxygen atoms in total. The minimum Gasteiger partial charge on any atom is -0.506 e. The molecule has 0 saturated carbocycles. The van der Waals surface area contributed by atoms with Crippen molar-refractivity contribution in [3.63, 3.8) is 0 Å². The monoisotopic (exact) mass is 450 g/mol. The molecule has 0 aromatic heterocycles. The number of nitrogens with zero attached hydrogens (tertiary/aromatic N) is 1. The Morgan fingerprint density at radius 1 is 1.08 bits per heavy atom. The summed E-state index contributed by atoms with van der Waals surface area (Å²) in [6.07, 6.45) is 1.57. The van der Waals surface area contributed by atoms with E-state index in [1.807, 2.05) is 30.3 Å². The first kappa shape index (κ1) is 16.7. The van der Waals surface area contributed by atoms with E-state index < -0.39 is 6.03 Å². The fraction of sp³-hybridized carbons (Fsp3) is 0.0588. The van der Waals surface area contributed by atoms with Gasteiger partial charge in [-0.2, -0.15) is 0 Å². The lowest BCUT2D eigenvalue weighted by Gasteiger charge is -2.11. The molecule has 0 aliphatic carbocycles. The number of amides is 3. The number of rotatable bonds is 3. The molecule has 2 aromatic carbocycles. The van der Waals surface area contributed by atoms with Crippen LogP contribution in [0.2, 0.25) is 0 Å². The average Bonchev–Trinajstić information content (AvgIpc) is 2.81. The molecule has 0 radical (unpaired) electrons. The van der Waals surface area contributed by atoms with Crippen LogP contribution in [0.3, 0.4) is 0 Å². The second-order valence-corrected chi connectivity index (χ2v) is 6.91. The number of hydrogen-bond donors (Lipinski definition) is 2. The van der Waals surface area contributed by atoms with Gasteiger partial charge in [-0.3, -0.25) is 9.69 Å². The lowest BCUT2D eigenvalue weighted by molar-refractivity contribution is -0.123. The highest BCUT2D eigenvalue weighted by Crippen LogP contribution is 2.34. The zero-order valence-corrected chi connectivity index (χ0v) is 15.5. The van der Waals surface area contributed by atoms with E-state index in [0.29, 0.717) is 14.5 Å². The van der Waals surface area contributed by atoms with Crippen LogP contribution < -0.4 is 5.32 Å². The van der Waals surface area contributed by atoms with Crippen LogP contribution in [0, 0.1) is 0 Å². The quantitative estimate of drug-likeness (QED) is 0.547. The third-order valence-corrected chi connectivity index (χ3v) is 4.71. The fourth-order valence-electron chi connectivity index (χ4n) is 2.32. The number of hydrogen-bond acceptors (Lipinski definition) is 3. The fourth-order valence-corrected chi connectivity index (χ4v) is 3.54. The summed E-state index contributed by atoms with van der Waals surface area (Å²) < 4.78 is 0.975. The smallest absolute Gasteiger partial charge is 0.329 e. The highest BCUT2D eigenvalue weighted by Gasteiger charge is 2.33. The molecule has 3 amide bonds. The third-order valence-electron chi connectivity index (χ3n) is 3.50. The molecule has 0 bridgehead atoms. The molecule has 1 fully saturated rings. The van der Waals surface area contributed by atoms with Gasteiger partial charge in [0.25, 0.3) is 5.91 Å². The summed E-state index contributed by atoms with van der Waals surface area (Å²) in [4.78, 5) is 25.7. The van der Waals surface area contributed by atoms with E-state index in [4.69, 9.17) is 0 Å². The van der Waals surface area contributed by atoms with Crippen LogP contribution in [-0.4, -0.2) is 21.9 Å². The van der Waals surface area contributed by atoms with E-state index >= 15 is 0 Å². The van der Waals surface area contributed by atoms with Gasteiger partial charge >= 0.3 is 6.03 Å². The highest BCUT2D eigenvalue weighted by atomic mass is 79.9. The number of phenols is 1. The van der Waals surface area contributed by atoms with Crippen LogP contribution in [0.15, 0.2) is 57.1 Å². The van der Waals surface area contributed by atoms with E-state index in [1.54, 1.807) is 18.2 Å². The van der Waals surface area contributed by atoms with Crippen molar-refractivity contribution in [3.8, 4) is 5.75 Å². The summed E-state index contributed by atoms with van der Waals surface area (Å²) in [5, 5.41) is 12.3. The minimum atomic E-state index is -0.452. The van der Waals surface area contributed by atoms with Crippen molar-refractivity contribution in [1.29, 1.82) is 0 Å². The Kier molecular flexibility index (Phi) is 4.73. The maximum atomic E-state index is 12.5. The van der Waals surface area contributed by atoms with Gasteiger partial charge in [0.05, 0.1) is 15.5 Å². The Bertz CT molecular complexity index is 827. The maximum absolute atomic E-state index is 12.5. The second kappa shape index (κ2) is 6.78.